The van der Waals surface area contributed by atoms with Crippen LogP contribution in [-0.4, -0.2) is 112 Å². The zero-order chi connectivity index (χ0) is 50.6. The number of benzene rings is 3. The number of nitrogens with zero attached hydrogens (tertiary/aromatic N) is 6. The Morgan fingerprint density at radius 2 is 1.60 bits per heavy atom. The van der Waals surface area contributed by atoms with Crippen LogP contribution in [0.1, 0.15) is 117 Å². The Morgan fingerprint density at radius 1 is 0.833 bits per heavy atom. The van der Waals surface area contributed by atoms with Gasteiger partial charge in [0.05, 0.1) is 23.3 Å². The molecule has 0 bridgehead atoms. The average molecular weight is 990 g/mol. The maximum atomic E-state index is 15.7. The molecule has 2 unspecified atom stereocenters. The predicted octanol–water partition coefficient (Wildman–Crippen LogP) is 5.50. The minimum atomic E-state index is -1.29. The number of likely N-dealkylation sites (tertiary alicyclic amines) is 1. The minimum absolute atomic E-state index is 0.0426. The van der Waals surface area contributed by atoms with Crippen molar-refractivity contribution in [1.29, 1.82) is 0 Å². The molecule has 5 aliphatic heterocycles. The molecule has 0 aliphatic carbocycles. The van der Waals surface area contributed by atoms with Crippen LogP contribution in [0.25, 0.3) is 0 Å². The van der Waals surface area contributed by atoms with Crippen molar-refractivity contribution < 1.29 is 37.9 Å². The van der Waals surface area contributed by atoms with E-state index in [1.54, 1.807) is 23.1 Å². The third-order valence-electron chi connectivity index (χ3n) is 15.0. The summed E-state index contributed by atoms with van der Waals surface area (Å²) in [4.78, 5) is 79.6. The molecule has 9 rings (SSSR count). The van der Waals surface area contributed by atoms with Crippen molar-refractivity contribution in [3.05, 3.63) is 106 Å². The molecule has 6 N–H and O–H groups in total. The summed E-state index contributed by atoms with van der Waals surface area (Å²) in [6.45, 7) is 9.47. The fourth-order valence-corrected chi connectivity index (χ4v) is 10.7. The highest BCUT2D eigenvalue weighted by Gasteiger charge is 2.46. The molecule has 4 saturated heterocycles. The number of carbonyl (C=O) groups excluding carboxylic acids is 5. The van der Waals surface area contributed by atoms with Crippen LogP contribution in [0.2, 0.25) is 0 Å². The second-order valence-corrected chi connectivity index (χ2v) is 20.8. The molecule has 4 fully saturated rings. The number of aromatic nitrogens is 2. The van der Waals surface area contributed by atoms with Crippen LogP contribution in [0.15, 0.2) is 67.0 Å². The number of rotatable bonds is 17. The smallest absolute Gasteiger partial charge is 0.259 e. The molecule has 0 saturated carbocycles. The van der Waals surface area contributed by atoms with Gasteiger partial charge in [-0.15, -0.1) is 0 Å². The Bertz CT molecular complexity index is 2690. The third-order valence-corrected chi connectivity index (χ3v) is 15.0. The number of hydrogen-bond acceptors (Lipinski definition) is 13. The lowest BCUT2D eigenvalue weighted by Gasteiger charge is -2.48. The summed E-state index contributed by atoms with van der Waals surface area (Å²) < 4.78 is 31.2. The van der Waals surface area contributed by atoms with E-state index in [0.717, 1.165) is 60.6 Å². The van der Waals surface area contributed by atoms with E-state index in [1.807, 2.05) is 30.3 Å². The van der Waals surface area contributed by atoms with Crippen molar-refractivity contribution >= 4 is 52.5 Å². The topological polar surface area (TPSA) is 204 Å². The van der Waals surface area contributed by atoms with Crippen LogP contribution >= 0.6 is 0 Å². The summed E-state index contributed by atoms with van der Waals surface area (Å²) in [6.07, 6.45) is 6.25. The monoisotopic (exact) mass is 990 g/mol. The van der Waals surface area contributed by atoms with Crippen molar-refractivity contribution in [2.75, 3.05) is 66.2 Å². The quantitative estimate of drug-likeness (QED) is 0.0572. The van der Waals surface area contributed by atoms with E-state index in [4.69, 9.17) is 0 Å². The Labute approximate surface area is 418 Å². The van der Waals surface area contributed by atoms with Crippen molar-refractivity contribution in [3.63, 3.8) is 0 Å². The summed E-state index contributed by atoms with van der Waals surface area (Å²) in [5, 5.41) is 26.1. The number of fused-ring (bicyclic) bond motifs is 1. The first-order valence-corrected chi connectivity index (χ1v) is 25.3. The molecule has 4 aromatic rings. The Kier molecular flexibility index (Phi) is 15.0. The van der Waals surface area contributed by atoms with Crippen LogP contribution in [0.5, 0.6) is 0 Å². The number of aliphatic hydroxyl groups excluding tert-OH is 1. The Morgan fingerprint density at radius 3 is 2.38 bits per heavy atom. The van der Waals surface area contributed by atoms with Crippen molar-refractivity contribution in [2.24, 2.45) is 5.41 Å². The van der Waals surface area contributed by atoms with Gasteiger partial charge < -0.3 is 36.2 Å². The molecule has 382 valence electrons. The van der Waals surface area contributed by atoms with Crippen molar-refractivity contribution in [2.45, 2.75) is 115 Å². The van der Waals surface area contributed by atoms with Gasteiger partial charge in [0.1, 0.15) is 35.6 Å². The van der Waals surface area contributed by atoms with E-state index in [1.165, 1.54) is 18.5 Å². The summed E-state index contributed by atoms with van der Waals surface area (Å²) in [5.74, 6) is -1.30. The SMILES string of the molecule is CC1(C)CCN(Cc2cc(F)c(N3CC(=O)NC4(CCN(c5cc(NCc6cccc(CNC(=O)CCCCCNc7cccc8c7C(=O)N(C7CCC(=O)NC7=O)C8O)c6)ncn5)CC4)C3)cc2F)CC1. The fourth-order valence-electron chi connectivity index (χ4n) is 10.7. The van der Waals surface area contributed by atoms with Gasteiger partial charge in [0.25, 0.3) is 5.91 Å². The third kappa shape index (κ3) is 11.6. The van der Waals surface area contributed by atoms with E-state index < -0.39 is 47.2 Å². The number of aliphatic hydroxyl groups is 1. The van der Waals surface area contributed by atoms with Gasteiger partial charge in [-0.05, 0) is 86.7 Å². The largest absolute Gasteiger partial charge is 0.384 e. The van der Waals surface area contributed by atoms with Crippen LogP contribution < -0.4 is 36.4 Å². The van der Waals surface area contributed by atoms with Gasteiger partial charge in [-0.2, -0.15) is 0 Å². The maximum absolute atomic E-state index is 15.7. The number of piperazine rings is 1. The number of piperidine rings is 3. The van der Waals surface area contributed by atoms with E-state index in [0.29, 0.717) is 99.7 Å². The molecule has 17 nitrogen and oxygen atoms in total. The van der Waals surface area contributed by atoms with Gasteiger partial charge in [-0.1, -0.05) is 56.7 Å². The number of amides is 5. The van der Waals surface area contributed by atoms with Gasteiger partial charge in [0.2, 0.25) is 23.6 Å². The summed E-state index contributed by atoms with van der Waals surface area (Å²) in [5.41, 5.74) is 3.37. The van der Waals surface area contributed by atoms with Gasteiger partial charge >= 0.3 is 0 Å². The minimum Gasteiger partial charge on any atom is -0.384 e. The second-order valence-electron chi connectivity index (χ2n) is 20.8. The molecule has 2 atom stereocenters. The molecule has 0 radical (unpaired) electrons. The van der Waals surface area contributed by atoms with Crippen LogP contribution in [0.3, 0.4) is 0 Å². The van der Waals surface area contributed by atoms with Gasteiger partial charge in [-0.3, -0.25) is 39.1 Å². The molecule has 1 aromatic heterocycles. The van der Waals surface area contributed by atoms with E-state index in [-0.39, 0.29) is 42.3 Å². The molecule has 19 heteroatoms. The first kappa shape index (κ1) is 50.2. The lowest BCUT2D eigenvalue weighted by molar-refractivity contribution is -0.139. The number of unbranched alkanes of at least 4 members (excludes halogenated alkanes) is 2. The van der Waals surface area contributed by atoms with Crippen LogP contribution in [-0.2, 0) is 38.8 Å². The summed E-state index contributed by atoms with van der Waals surface area (Å²) in [7, 11) is 0. The van der Waals surface area contributed by atoms with Gasteiger partial charge in [-0.25, -0.2) is 18.7 Å². The van der Waals surface area contributed by atoms with Gasteiger partial charge in [0.15, 0.2) is 6.23 Å². The summed E-state index contributed by atoms with van der Waals surface area (Å²) in [6, 6.07) is 16.6. The molecular weight excluding hydrogens is 925 g/mol. The molecular formula is C53H65F2N11O6. The number of imide groups is 1. The van der Waals surface area contributed by atoms with Gasteiger partial charge in [0, 0.05) is 87.6 Å². The molecule has 5 aliphatic rings. The second kappa shape index (κ2) is 21.5. The molecule has 3 aromatic carbocycles. The first-order chi connectivity index (χ1) is 34.6. The highest BCUT2D eigenvalue weighted by Crippen LogP contribution is 2.39. The number of carbonyl (C=O) groups is 5. The van der Waals surface area contributed by atoms with Crippen molar-refractivity contribution in [1.82, 2.24) is 35.7 Å². The first-order valence-electron chi connectivity index (χ1n) is 25.3. The van der Waals surface area contributed by atoms with E-state index >= 15 is 8.78 Å². The number of nitrogens with one attached hydrogen (secondary N) is 5. The Hall–Kier alpha value is -6.73. The van der Waals surface area contributed by atoms with E-state index in [9.17, 15) is 29.1 Å². The number of anilines is 4. The van der Waals surface area contributed by atoms with Crippen LogP contribution in [0, 0.1) is 17.0 Å². The lowest BCUT2D eigenvalue weighted by atomic mass is 9.82. The standard InChI is InChI=1S/C53H65F2N11O6/c1-52(2)15-20-63(21-16-52)30-36-25-39(55)42(26-38(36)54)65-31-47(69)62-53(32-65)17-22-64(23-18-53)44-27-43(59-33-60-44)57-28-34-8-6-9-35(24-34)29-58-45(67)12-4-3-5-19-56-40-11-7-10-37-48(40)51(72)66(50(37)71)41-13-14-46(68)61-49(41)70/h6-11,24-27,33,41,50,56,71H,3-5,12-23,28-32H2,1-2H3,(H,58,67)(H,62,69)(H,57,59,60)(H,61,68,70). The molecule has 6 heterocycles. The zero-order valence-electron chi connectivity index (χ0n) is 41.1. The highest BCUT2D eigenvalue weighted by atomic mass is 19.1. The predicted molar refractivity (Wildman–Crippen MR) is 268 cm³/mol. The van der Waals surface area contributed by atoms with Crippen LogP contribution in [0.4, 0.5) is 31.8 Å². The number of hydrogen-bond donors (Lipinski definition) is 6. The highest BCUT2D eigenvalue weighted by molar-refractivity contribution is 6.08. The van der Waals surface area contributed by atoms with E-state index in [2.05, 4.69) is 60.2 Å². The van der Waals surface area contributed by atoms with Crippen molar-refractivity contribution in [3.8, 4) is 0 Å². The lowest BCUT2D eigenvalue weighted by Crippen LogP contribution is -2.66. The molecule has 1 spiro atoms. The molecule has 5 amide bonds. The number of halogens is 2. The normalized spacial score (nSPS) is 20.8. The molecule has 72 heavy (non-hydrogen) atoms. The summed E-state index contributed by atoms with van der Waals surface area (Å²) >= 11 is 0. The zero-order valence-corrected chi connectivity index (χ0v) is 41.1. The maximum Gasteiger partial charge on any atom is 0.259 e. The average Bonchev–Trinajstić information content (AvgIpc) is 3.61. The Balaban J connectivity index is 0.691. The fraction of sp³-hybridized carbons (Fsp3) is 0.491.